The maximum atomic E-state index is 14.4. The van der Waals surface area contributed by atoms with E-state index >= 15 is 0 Å². The maximum absolute atomic E-state index is 14.4. The van der Waals surface area contributed by atoms with Gasteiger partial charge in [0, 0.05) is 38.3 Å². The van der Waals surface area contributed by atoms with Crippen molar-refractivity contribution in [1.82, 2.24) is 14.8 Å². The number of carbonyl (C=O) groups is 1. The molecule has 0 bridgehead atoms. The number of likely N-dealkylation sites (tertiary alicyclic amines) is 2. The monoisotopic (exact) mass is 734 g/mol. The normalized spacial score (nSPS) is 18.3. The van der Waals surface area contributed by atoms with Crippen LogP contribution in [0.3, 0.4) is 0 Å². The molecule has 2 atom stereocenters. The Kier molecular flexibility index (Phi) is 10.2. The Bertz CT molecular complexity index is 2320. The third-order valence-electron chi connectivity index (χ3n) is 10.8. The predicted octanol–water partition coefficient (Wildman–Crippen LogP) is 8.62. The molecule has 7 rings (SSSR count). The Hall–Kier alpha value is -5.28. The number of halogens is 3. The standard InChI is InChI=1S/C43H41F3N4O4/c1-25-16-30(38(43(44,45)46)19-33(25)23-50-15-13-34(51)24-50)11-10-29-6-4-7-35(26(29)2)36-8-5-9-37(27(36)3)41-48-39-18-28(17-32(20-47)40(39)54-41)21-49-14-12-31(22-49)42(52)53/h4-11,16-19,31,34,51H,12-15,21-24H2,1-3H3,(H,52,53)/b11-10+. The Balaban J connectivity index is 1.18. The summed E-state index contributed by atoms with van der Waals surface area (Å²) in [4.78, 5) is 20.3. The number of aryl methyl sites for hydroxylation is 1. The van der Waals surface area contributed by atoms with E-state index in [0.717, 1.165) is 44.5 Å². The number of alkyl halides is 3. The van der Waals surface area contributed by atoms with Crippen LogP contribution in [0.25, 0.3) is 45.8 Å². The summed E-state index contributed by atoms with van der Waals surface area (Å²) in [5.74, 6) is -0.835. The number of rotatable bonds is 9. The Labute approximate surface area is 311 Å². The highest BCUT2D eigenvalue weighted by Gasteiger charge is 2.34. The van der Waals surface area contributed by atoms with E-state index in [0.29, 0.717) is 80.2 Å². The minimum absolute atomic E-state index is 0.0916. The zero-order valence-electron chi connectivity index (χ0n) is 30.4. The fourth-order valence-corrected chi connectivity index (χ4v) is 7.81. The minimum atomic E-state index is -4.54. The van der Waals surface area contributed by atoms with Crippen molar-refractivity contribution in [3.8, 4) is 28.7 Å². The molecule has 3 heterocycles. The highest BCUT2D eigenvalue weighted by atomic mass is 19.4. The smallest absolute Gasteiger partial charge is 0.416 e. The first-order valence-corrected chi connectivity index (χ1v) is 18.1. The number of aliphatic hydroxyl groups excluding tert-OH is 1. The number of aliphatic hydroxyl groups is 1. The van der Waals surface area contributed by atoms with Gasteiger partial charge in [-0.25, -0.2) is 4.98 Å². The fourth-order valence-electron chi connectivity index (χ4n) is 7.81. The third-order valence-corrected chi connectivity index (χ3v) is 10.8. The minimum Gasteiger partial charge on any atom is -0.481 e. The van der Waals surface area contributed by atoms with Crippen molar-refractivity contribution in [2.45, 2.75) is 59.0 Å². The first-order chi connectivity index (χ1) is 25.8. The van der Waals surface area contributed by atoms with E-state index in [1.54, 1.807) is 18.2 Å². The number of carboxylic acid groups (broad SMARTS) is 1. The number of fused-ring (bicyclic) bond motifs is 1. The molecule has 0 saturated carbocycles. The molecule has 0 radical (unpaired) electrons. The number of β-amino-alcohol motifs (C(OH)–C–C–N with tert-alkyl or cyclic N) is 1. The first kappa shape index (κ1) is 37.1. The summed E-state index contributed by atoms with van der Waals surface area (Å²) in [6.45, 7) is 8.82. The van der Waals surface area contributed by atoms with Crippen molar-refractivity contribution in [2.75, 3.05) is 26.2 Å². The van der Waals surface area contributed by atoms with E-state index in [4.69, 9.17) is 9.40 Å². The van der Waals surface area contributed by atoms with Crippen molar-refractivity contribution in [3.63, 3.8) is 0 Å². The first-order valence-electron chi connectivity index (χ1n) is 18.1. The van der Waals surface area contributed by atoms with Crippen molar-refractivity contribution in [3.05, 3.63) is 111 Å². The number of aromatic nitrogens is 1. The van der Waals surface area contributed by atoms with E-state index in [-0.39, 0.29) is 5.56 Å². The van der Waals surface area contributed by atoms with Crippen LogP contribution in [0, 0.1) is 38.0 Å². The lowest BCUT2D eigenvalue weighted by molar-refractivity contribution is -0.141. The number of oxazole rings is 1. The van der Waals surface area contributed by atoms with Gasteiger partial charge < -0.3 is 14.6 Å². The molecule has 0 amide bonds. The lowest BCUT2D eigenvalue weighted by Crippen LogP contribution is -2.22. The third kappa shape index (κ3) is 7.55. The van der Waals surface area contributed by atoms with Crippen LogP contribution in [0.5, 0.6) is 0 Å². The highest BCUT2D eigenvalue weighted by molar-refractivity contribution is 5.85. The molecule has 2 saturated heterocycles. The maximum Gasteiger partial charge on any atom is 0.416 e. The second kappa shape index (κ2) is 14.9. The topological polar surface area (TPSA) is 114 Å². The molecule has 0 spiro atoms. The molecular weight excluding hydrogens is 693 g/mol. The summed E-state index contributed by atoms with van der Waals surface area (Å²) in [6.07, 6.45) is -0.525. The Morgan fingerprint density at radius 1 is 0.926 bits per heavy atom. The number of nitrogens with zero attached hydrogens (tertiary/aromatic N) is 4. The summed E-state index contributed by atoms with van der Waals surface area (Å²) in [7, 11) is 0. The summed E-state index contributed by atoms with van der Waals surface area (Å²) >= 11 is 0. The molecule has 11 heteroatoms. The van der Waals surface area contributed by atoms with Crippen LogP contribution in [0.15, 0.2) is 65.1 Å². The molecule has 278 valence electrons. The quantitative estimate of drug-likeness (QED) is 0.145. The van der Waals surface area contributed by atoms with E-state index in [9.17, 15) is 33.4 Å². The predicted molar refractivity (Wildman–Crippen MR) is 201 cm³/mol. The molecule has 8 nitrogen and oxygen atoms in total. The highest BCUT2D eigenvalue weighted by Crippen LogP contribution is 2.38. The van der Waals surface area contributed by atoms with E-state index in [1.807, 2.05) is 68.1 Å². The summed E-state index contributed by atoms with van der Waals surface area (Å²) in [6, 6.07) is 20.3. The number of hydrogen-bond donors (Lipinski definition) is 2. The number of carboxylic acids is 1. The van der Waals surface area contributed by atoms with Crippen LogP contribution < -0.4 is 0 Å². The molecular formula is C43H41F3N4O4. The lowest BCUT2D eigenvalue weighted by Gasteiger charge is -2.20. The van der Waals surface area contributed by atoms with Crippen molar-refractivity contribution in [2.24, 2.45) is 5.92 Å². The zero-order chi connectivity index (χ0) is 38.3. The molecule has 1 aromatic heterocycles. The lowest BCUT2D eigenvalue weighted by atomic mass is 9.91. The molecule has 2 unspecified atom stereocenters. The molecule has 2 N–H and O–H groups in total. The number of benzene rings is 4. The number of nitriles is 1. The second-order valence-electron chi connectivity index (χ2n) is 14.6. The second-order valence-corrected chi connectivity index (χ2v) is 14.6. The average molecular weight is 735 g/mol. The van der Waals surface area contributed by atoms with Gasteiger partial charge in [-0.05, 0) is 114 Å². The van der Waals surface area contributed by atoms with Crippen LogP contribution in [0.4, 0.5) is 13.2 Å². The SMILES string of the molecule is Cc1cc(/C=C/c2cccc(-c3cccc(-c4nc5cc(CN6CCC(C(=O)O)C6)cc(C#N)c5o4)c3C)c2C)c(C(F)(F)F)cc1CN1CCC(O)C1. The zero-order valence-corrected chi connectivity index (χ0v) is 30.4. The van der Waals surface area contributed by atoms with Gasteiger partial charge in [0.05, 0.1) is 23.1 Å². The van der Waals surface area contributed by atoms with Gasteiger partial charge in [-0.2, -0.15) is 18.4 Å². The summed E-state index contributed by atoms with van der Waals surface area (Å²) in [5, 5.41) is 29.3. The Morgan fingerprint density at radius 2 is 1.61 bits per heavy atom. The van der Waals surface area contributed by atoms with Crippen LogP contribution in [0.1, 0.15) is 62.9 Å². The van der Waals surface area contributed by atoms with Crippen LogP contribution in [-0.2, 0) is 24.1 Å². The van der Waals surface area contributed by atoms with E-state index in [1.165, 1.54) is 12.1 Å². The van der Waals surface area contributed by atoms with Gasteiger partial charge in [0.25, 0.3) is 0 Å². The fraction of sp³-hybridized carbons (Fsp3) is 0.326. The molecule has 54 heavy (non-hydrogen) atoms. The van der Waals surface area contributed by atoms with Crippen molar-refractivity contribution < 1.29 is 32.6 Å². The van der Waals surface area contributed by atoms with Gasteiger partial charge in [0.15, 0.2) is 5.58 Å². The molecule has 2 fully saturated rings. The van der Waals surface area contributed by atoms with Gasteiger partial charge >= 0.3 is 12.1 Å². The van der Waals surface area contributed by atoms with Gasteiger partial charge in [0.1, 0.15) is 11.6 Å². The largest absolute Gasteiger partial charge is 0.481 e. The van der Waals surface area contributed by atoms with Gasteiger partial charge in [-0.15, -0.1) is 0 Å². The van der Waals surface area contributed by atoms with Gasteiger partial charge in [-0.3, -0.25) is 14.6 Å². The summed E-state index contributed by atoms with van der Waals surface area (Å²) in [5.41, 5.74) is 8.01. The molecule has 0 aliphatic carbocycles. The van der Waals surface area contributed by atoms with Crippen LogP contribution >= 0.6 is 0 Å². The molecule has 2 aliphatic rings. The summed E-state index contributed by atoms with van der Waals surface area (Å²) < 4.78 is 49.3. The van der Waals surface area contributed by atoms with Gasteiger partial charge in [0.2, 0.25) is 5.89 Å². The number of hydrogen-bond acceptors (Lipinski definition) is 7. The average Bonchev–Trinajstić information content (AvgIpc) is 3.88. The van der Waals surface area contributed by atoms with Crippen LogP contribution in [-0.4, -0.2) is 63.2 Å². The molecule has 5 aromatic rings. The van der Waals surface area contributed by atoms with Crippen molar-refractivity contribution in [1.29, 1.82) is 5.26 Å². The van der Waals surface area contributed by atoms with Crippen LogP contribution in [0.2, 0.25) is 0 Å². The van der Waals surface area contributed by atoms with Crippen molar-refractivity contribution >= 4 is 29.2 Å². The molecule has 2 aliphatic heterocycles. The van der Waals surface area contributed by atoms with Gasteiger partial charge in [-0.1, -0.05) is 48.6 Å². The number of aliphatic carboxylic acids is 1. The molecule has 4 aromatic carbocycles. The Morgan fingerprint density at radius 3 is 2.30 bits per heavy atom. The van der Waals surface area contributed by atoms with E-state index in [2.05, 4.69) is 11.0 Å². The van der Waals surface area contributed by atoms with E-state index < -0.39 is 29.7 Å².